The van der Waals surface area contributed by atoms with Gasteiger partial charge in [-0.25, -0.2) is 0 Å². The van der Waals surface area contributed by atoms with E-state index in [-0.39, 0.29) is 6.42 Å². The molecule has 1 amide bonds. The Morgan fingerprint density at radius 3 is 2.45 bits per heavy atom. The largest absolute Gasteiger partial charge is 0.469 e. The van der Waals surface area contributed by atoms with E-state index in [0.29, 0.717) is 0 Å². The highest BCUT2D eigenvalue weighted by atomic mass is 19.4. The molecule has 0 radical (unpaired) electrons. The monoisotopic (exact) mass is 289 g/mol. The first-order chi connectivity index (χ1) is 9.25. The molecule has 1 unspecified atom stereocenters. The minimum Gasteiger partial charge on any atom is -0.469 e. The normalized spacial score (nSPS) is 12.7. The van der Waals surface area contributed by atoms with Gasteiger partial charge < -0.3 is 10.1 Å². The molecule has 0 heterocycles. The van der Waals surface area contributed by atoms with Gasteiger partial charge in [-0.15, -0.1) is 0 Å². The lowest BCUT2D eigenvalue weighted by atomic mass is 10.1. The van der Waals surface area contributed by atoms with Crippen molar-refractivity contribution in [2.45, 2.75) is 25.6 Å². The van der Waals surface area contributed by atoms with Crippen LogP contribution in [0.1, 0.15) is 29.3 Å². The highest BCUT2D eigenvalue weighted by Gasteiger charge is 2.35. The number of amides is 1. The van der Waals surface area contributed by atoms with Crippen molar-refractivity contribution in [1.82, 2.24) is 5.32 Å². The van der Waals surface area contributed by atoms with Crippen molar-refractivity contribution < 1.29 is 27.5 Å². The topological polar surface area (TPSA) is 55.4 Å². The van der Waals surface area contributed by atoms with Crippen LogP contribution in [0.3, 0.4) is 0 Å². The average Bonchev–Trinajstić information content (AvgIpc) is 2.37. The Morgan fingerprint density at radius 2 is 1.90 bits per heavy atom. The summed E-state index contributed by atoms with van der Waals surface area (Å²) in [5.41, 5.74) is -1.49. The van der Waals surface area contributed by atoms with Crippen LogP contribution in [0.25, 0.3) is 0 Å². The van der Waals surface area contributed by atoms with Crippen LogP contribution in [0, 0.1) is 0 Å². The first-order valence-electron chi connectivity index (χ1n) is 5.79. The predicted molar refractivity (Wildman–Crippen MR) is 65.0 cm³/mol. The van der Waals surface area contributed by atoms with E-state index in [1.807, 2.05) is 0 Å². The first kappa shape index (κ1) is 16.0. The van der Waals surface area contributed by atoms with E-state index in [0.717, 1.165) is 12.1 Å². The van der Waals surface area contributed by atoms with Crippen LogP contribution in [0.15, 0.2) is 24.3 Å². The van der Waals surface area contributed by atoms with Crippen LogP contribution in [0.5, 0.6) is 0 Å². The first-order valence-corrected chi connectivity index (χ1v) is 5.79. The number of nitrogens with one attached hydrogen (secondary N) is 1. The van der Waals surface area contributed by atoms with Gasteiger partial charge in [-0.1, -0.05) is 12.1 Å². The number of benzene rings is 1. The Labute approximate surface area is 113 Å². The second-order valence-electron chi connectivity index (χ2n) is 4.20. The maximum Gasteiger partial charge on any atom is 0.417 e. The molecule has 0 aliphatic rings. The minimum atomic E-state index is -4.61. The minimum absolute atomic E-state index is 0.115. The SMILES string of the molecule is COC(=O)CC(C)NC(=O)c1ccccc1C(F)(F)F. The summed E-state index contributed by atoms with van der Waals surface area (Å²) in [6.07, 6.45) is -4.73. The van der Waals surface area contributed by atoms with E-state index in [1.165, 1.54) is 26.2 Å². The lowest BCUT2D eigenvalue weighted by Crippen LogP contribution is -2.35. The number of hydrogen-bond acceptors (Lipinski definition) is 3. The number of rotatable bonds is 4. The Kier molecular flexibility index (Phi) is 5.12. The molecular weight excluding hydrogens is 275 g/mol. The molecule has 0 aliphatic heterocycles. The van der Waals surface area contributed by atoms with E-state index in [2.05, 4.69) is 10.1 Å². The van der Waals surface area contributed by atoms with Gasteiger partial charge in [-0.2, -0.15) is 13.2 Å². The van der Waals surface area contributed by atoms with Crippen molar-refractivity contribution in [3.05, 3.63) is 35.4 Å². The maximum absolute atomic E-state index is 12.8. The lowest BCUT2D eigenvalue weighted by Gasteiger charge is -2.16. The van der Waals surface area contributed by atoms with Gasteiger partial charge in [0.05, 0.1) is 24.7 Å². The molecule has 0 aromatic heterocycles. The van der Waals surface area contributed by atoms with Gasteiger partial charge in [0.15, 0.2) is 0 Å². The average molecular weight is 289 g/mol. The highest BCUT2D eigenvalue weighted by molar-refractivity contribution is 5.96. The smallest absolute Gasteiger partial charge is 0.417 e. The molecule has 0 bridgehead atoms. The van der Waals surface area contributed by atoms with Gasteiger partial charge in [0, 0.05) is 6.04 Å². The van der Waals surface area contributed by atoms with Crippen molar-refractivity contribution in [3.8, 4) is 0 Å². The number of hydrogen-bond donors (Lipinski definition) is 1. The summed E-state index contributed by atoms with van der Waals surface area (Å²) in [5, 5.41) is 2.33. The van der Waals surface area contributed by atoms with Crippen molar-refractivity contribution in [3.63, 3.8) is 0 Å². The third kappa shape index (κ3) is 4.25. The molecule has 0 spiro atoms. The molecule has 1 rings (SSSR count). The number of carbonyl (C=O) groups excluding carboxylic acids is 2. The van der Waals surface area contributed by atoms with Gasteiger partial charge in [0.25, 0.3) is 5.91 Å². The van der Waals surface area contributed by atoms with E-state index >= 15 is 0 Å². The summed E-state index contributed by atoms with van der Waals surface area (Å²) in [6.45, 7) is 1.50. The van der Waals surface area contributed by atoms with Gasteiger partial charge >= 0.3 is 12.1 Å². The predicted octanol–water partition coefficient (Wildman–Crippen LogP) is 2.39. The number of carbonyl (C=O) groups is 2. The number of esters is 1. The molecule has 20 heavy (non-hydrogen) atoms. The molecule has 1 N–H and O–H groups in total. The maximum atomic E-state index is 12.8. The summed E-state index contributed by atoms with van der Waals surface area (Å²) >= 11 is 0. The molecule has 1 atom stereocenters. The second-order valence-corrected chi connectivity index (χ2v) is 4.20. The van der Waals surface area contributed by atoms with Crippen LogP contribution in [-0.2, 0) is 15.7 Å². The van der Waals surface area contributed by atoms with Crippen LogP contribution < -0.4 is 5.32 Å². The third-order valence-electron chi connectivity index (χ3n) is 2.56. The second kappa shape index (κ2) is 6.40. The number of alkyl halides is 3. The molecule has 0 aliphatic carbocycles. The highest BCUT2D eigenvalue weighted by Crippen LogP contribution is 2.31. The van der Waals surface area contributed by atoms with E-state index < -0.39 is 35.2 Å². The lowest BCUT2D eigenvalue weighted by molar-refractivity contribution is -0.141. The fraction of sp³-hybridized carbons (Fsp3) is 0.385. The van der Waals surface area contributed by atoms with Crippen molar-refractivity contribution in [2.75, 3.05) is 7.11 Å². The number of methoxy groups -OCH3 is 1. The Hall–Kier alpha value is -2.05. The number of halogens is 3. The Balaban J connectivity index is 2.86. The van der Waals surface area contributed by atoms with Crippen molar-refractivity contribution >= 4 is 11.9 Å². The Bertz CT molecular complexity index is 500. The summed E-state index contributed by atoms with van der Waals surface area (Å²) < 4.78 is 42.7. The van der Waals surface area contributed by atoms with Crippen LogP contribution in [0.4, 0.5) is 13.2 Å². The summed E-state index contributed by atoms with van der Waals surface area (Å²) in [4.78, 5) is 22.8. The fourth-order valence-electron chi connectivity index (χ4n) is 1.61. The standard InChI is InChI=1S/C13H14F3NO3/c1-8(7-11(18)20-2)17-12(19)9-5-3-4-6-10(9)13(14,15)16/h3-6,8H,7H2,1-2H3,(H,17,19). The van der Waals surface area contributed by atoms with Crippen molar-refractivity contribution in [2.24, 2.45) is 0 Å². The van der Waals surface area contributed by atoms with E-state index in [9.17, 15) is 22.8 Å². The van der Waals surface area contributed by atoms with Gasteiger partial charge in [0.2, 0.25) is 0 Å². The Morgan fingerprint density at radius 1 is 1.30 bits per heavy atom. The zero-order chi connectivity index (χ0) is 15.3. The van der Waals surface area contributed by atoms with E-state index in [1.54, 1.807) is 0 Å². The number of ether oxygens (including phenoxy) is 1. The zero-order valence-corrected chi connectivity index (χ0v) is 11.0. The summed E-state index contributed by atoms with van der Waals surface area (Å²) in [5.74, 6) is -1.43. The van der Waals surface area contributed by atoms with Gasteiger partial charge in [-0.3, -0.25) is 9.59 Å². The quantitative estimate of drug-likeness (QED) is 0.866. The van der Waals surface area contributed by atoms with Crippen LogP contribution in [-0.4, -0.2) is 25.0 Å². The molecule has 110 valence electrons. The van der Waals surface area contributed by atoms with Gasteiger partial charge in [0.1, 0.15) is 0 Å². The van der Waals surface area contributed by atoms with Gasteiger partial charge in [-0.05, 0) is 19.1 Å². The van der Waals surface area contributed by atoms with E-state index in [4.69, 9.17) is 0 Å². The zero-order valence-electron chi connectivity index (χ0n) is 11.0. The molecule has 7 heteroatoms. The summed E-state index contributed by atoms with van der Waals surface area (Å²) in [7, 11) is 1.19. The molecule has 1 aromatic rings. The summed E-state index contributed by atoms with van der Waals surface area (Å²) in [6, 6.07) is 3.84. The van der Waals surface area contributed by atoms with Crippen LogP contribution in [0.2, 0.25) is 0 Å². The molecule has 1 aromatic carbocycles. The van der Waals surface area contributed by atoms with Crippen LogP contribution >= 0.6 is 0 Å². The molecule has 0 fully saturated rings. The van der Waals surface area contributed by atoms with Crippen molar-refractivity contribution in [1.29, 1.82) is 0 Å². The molecule has 0 saturated heterocycles. The molecule has 4 nitrogen and oxygen atoms in total. The molecule has 0 saturated carbocycles. The molecular formula is C13H14F3NO3. The fourth-order valence-corrected chi connectivity index (χ4v) is 1.61. The third-order valence-corrected chi connectivity index (χ3v) is 2.56.